The fourth-order valence-electron chi connectivity index (χ4n) is 0.801. The number of pyridine rings is 1. The first-order valence-electron chi connectivity index (χ1n) is 3.49. The summed E-state index contributed by atoms with van der Waals surface area (Å²) in [4.78, 5) is 13.8. The minimum absolute atomic E-state index is 0.229. The summed E-state index contributed by atoms with van der Waals surface area (Å²) in [5.74, 6) is -0.229. The minimum Gasteiger partial charge on any atom is -0.351 e. The van der Waals surface area contributed by atoms with E-state index in [0.717, 1.165) is 12.3 Å². The van der Waals surface area contributed by atoms with Gasteiger partial charge in [0.2, 0.25) is 0 Å². The number of nitrogens with two attached hydrogens (primary N) is 1. The Labute approximate surface area is 76.9 Å². The van der Waals surface area contributed by atoms with Gasteiger partial charge in [-0.2, -0.15) is 13.2 Å². The van der Waals surface area contributed by atoms with Crippen LogP contribution in [0.2, 0.25) is 0 Å². The zero-order valence-electron chi connectivity index (χ0n) is 6.80. The highest BCUT2D eigenvalue weighted by Gasteiger charge is 2.30. The van der Waals surface area contributed by atoms with Crippen molar-refractivity contribution in [3.8, 4) is 0 Å². The SMILES string of the molecule is NC(=O)Nc1cc(C(F)(F)F)ccn1. The molecule has 0 aliphatic rings. The second kappa shape index (κ2) is 3.52. The number of aromatic nitrogens is 1. The first-order chi connectivity index (χ1) is 6.39. The van der Waals surface area contributed by atoms with Crippen molar-refractivity contribution in [2.24, 2.45) is 5.73 Å². The van der Waals surface area contributed by atoms with Crippen LogP contribution < -0.4 is 11.1 Å². The molecule has 1 aromatic rings. The third-order valence-corrected chi connectivity index (χ3v) is 1.34. The largest absolute Gasteiger partial charge is 0.416 e. The van der Waals surface area contributed by atoms with Crippen LogP contribution in [0.1, 0.15) is 5.56 Å². The van der Waals surface area contributed by atoms with Gasteiger partial charge in [0.15, 0.2) is 0 Å². The number of carbonyl (C=O) groups is 1. The molecule has 0 unspecified atom stereocenters. The molecular weight excluding hydrogens is 199 g/mol. The maximum absolute atomic E-state index is 12.1. The van der Waals surface area contributed by atoms with Gasteiger partial charge in [-0.1, -0.05) is 0 Å². The van der Waals surface area contributed by atoms with E-state index in [4.69, 9.17) is 5.73 Å². The van der Waals surface area contributed by atoms with Gasteiger partial charge in [0.05, 0.1) is 5.56 Å². The number of hydrogen-bond acceptors (Lipinski definition) is 2. The number of nitrogens with one attached hydrogen (secondary N) is 1. The first kappa shape index (κ1) is 10.3. The smallest absolute Gasteiger partial charge is 0.351 e. The van der Waals surface area contributed by atoms with Crippen molar-refractivity contribution in [1.29, 1.82) is 0 Å². The average molecular weight is 205 g/mol. The second-order valence-corrected chi connectivity index (χ2v) is 2.42. The predicted octanol–water partition coefficient (Wildman–Crippen LogP) is 1.59. The van der Waals surface area contributed by atoms with Gasteiger partial charge in [0.1, 0.15) is 5.82 Å². The average Bonchev–Trinajstić information content (AvgIpc) is 2.01. The molecule has 0 atom stereocenters. The third-order valence-electron chi connectivity index (χ3n) is 1.34. The van der Waals surface area contributed by atoms with Crippen LogP contribution in [-0.4, -0.2) is 11.0 Å². The summed E-state index contributed by atoms with van der Waals surface area (Å²) in [7, 11) is 0. The molecule has 7 heteroatoms. The van der Waals surface area contributed by atoms with Gasteiger partial charge in [0.25, 0.3) is 0 Å². The van der Waals surface area contributed by atoms with Gasteiger partial charge >= 0.3 is 12.2 Å². The maximum Gasteiger partial charge on any atom is 0.416 e. The van der Waals surface area contributed by atoms with Crippen LogP contribution in [-0.2, 0) is 6.18 Å². The fraction of sp³-hybridized carbons (Fsp3) is 0.143. The zero-order chi connectivity index (χ0) is 10.8. The summed E-state index contributed by atoms with van der Waals surface area (Å²) < 4.78 is 36.4. The van der Waals surface area contributed by atoms with E-state index in [1.807, 2.05) is 5.32 Å². The number of anilines is 1. The van der Waals surface area contributed by atoms with Gasteiger partial charge in [0, 0.05) is 6.20 Å². The van der Waals surface area contributed by atoms with Crippen LogP contribution in [0.3, 0.4) is 0 Å². The Kier molecular flexibility index (Phi) is 2.59. The highest BCUT2D eigenvalue weighted by molar-refractivity contribution is 5.86. The van der Waals surface area contributed by atoms with Crippen molar-refractivity contribution in [3.05, 3.63) is 23.9 Å². The molecule has 0 spiro atoms. The Morgan fingerprint density at radius 1 is 1.50 bits per heavy atom. The molecule has 1 rings (SSSR count). The van der Waals surface area contributed by atoms with Crippen molar-refractivity contribution >= 4 is 11.8 Å². The highest BCUT2D eigenvalue weighted by atomic mass is 19.4. The molecule has 76 valence electrons. The Hall–Kier alpha value is -1.79. The van der Waals surface area contributed by atoms with Crippen LogP contribution in [0, 0.1) is 0 Å². The van der Waals surface area contributed by atoms with Crippen molar-refractivity contribution < 1.29 is 18.0 Å². The number of hydrogen-bond donors (Lipinski definition) is 2. The summed E-state index contributed by atoms with van der Waals surface area (Å²) >= 11 is 0. The number of alkyl halides is 3. The van der Waals surface area contributed by atoms with E-state index in [1.165, 1.54) is 0 Å². The molecular formula is C7H6F3N3O. The number of rotatable bonds is 1. The minimum atomic E-state index is -4.46. The lowest BCUT2D eigenvalue weighted by Gasteiger charge is -2.07. The van der Waals surface area contributed by atoms with Gasteiger partial charge in [-0.05, 0) is 12.1 Å². The Balaban J connectivity index is 2.95. The third kappa shape index (κ3) is 2.61. The summed E-state index contributed by atoms with van der Waals surface area (Å²) in [5, 5.41) is 1.94. The number of nitrogens with zero attached hydrogens (tertiary/aromatic N) is 1. The number of carbonyl (C=O) groups excluding carboxylic acids is 1. The number of halogens is 3. The molecule has 3 N–H and O–H groups in total. The molecule has 14 heavy (non-hydrogen) atoms. The molecule has 0 radical (unpaired) electrons. The lowest BCUT2D eigenvalue weighted by atomic mass is 10.2. The predicted molar refractivity (Wildman–Crippen MR) is 42.4 cm³/mol. The molecule has 0 saturated carbocycles. The highest BCUT2D eigenvalue weighted by Crippen LogP contribution is 2.29. The van der Waals surface area contributed by atoms with Gasteiger partial charge in [-0.25, -0.2) is 9.78 Å². The van der Waals surface area contributed by atoms with E-state index >= 15 is 0 Å². The van der Waals surface area contributed by atoms with Crippen LogP contribution >= 0.6 is 0 Å². The molecule has 0 aliphatic carbocycles. The maximum atomic E-state index is 12.1. The summed E-state index contributed by atoms with van der Waals surface area (Å²) in [6.45, 7) is 0. The Morgan fingerprint density at radius 2 is 2.14 bits per heavy atom. The molecule has 0 saturated heterocycles. The normalized spacial score (nSPS) is 11.1. The second-order valence-electron chi connectivity index (χ2n) is 2.42. The molecule has 0 fully saturated rings. The molecule has 2 amide bonds. The Bertz CT molecular complexity index is 350. The van der Waals surface area contributed by atoms with Crippen molar-refractivity contribution in [2.45, 2.75) is 6.18 Å². The number of amides is 2. The van der Waals surface area contributed by atoms with Crippen LogP contribution in [0.15, 0.2) is 18.3 Å². The van der Waals surface area contributed by atoms with E-state index in [9.17, 15) is 18.0 Å². The fourth-order valence-corrected chi connectivity index (χ4v) is 0.801. The van der Waals surface area contributed by atoms with Crippen LogP contribution in [0.5, 0.6) is 0 Å². The van der Waals surface area contributed by atoms with Gasteiger partial charge in [-0.3, -0.25) is 5.32 Å². The van der Waals surface area contributed by atoms with Gasteiger partial charge < -0.3 is 5.73 Å². The van der Waals surface area contributed by atoms with Crippen LogP contribution in [0.4, 0.5) is 23.8 Å². The molecule has 1 heterocycles. The molecule has 0 aliphatic heterocycles. The quantitative estimate of drug-likeness (QED) is 0.730. The van der Waals surface area contributed by atoms with E-state index in [0.29, 0.717) is 6.07 Å². The summed E-state index contributed by atoms with van der Waals surface area (Å²) in [6.07, 6.45) is -3.52. The first-order valence-corrected chi connectivity index (χ1v) is 3.49. The van der Waals surface area contributed by atoms with Crippen LogP contribution in [0.25, 0.3) is 0 Å². The summed E-state index contributed by atoms with van der Waals surface area (Å²) in [6, 6.07) is 0.536. The number of urea groups is 1. The molecule has 4 nitrogen and oxygen atoms in total. The molecule has 0 aromatic carbocycles. The van der Waals surface area contributed by atoms with E-state index in [2.05, 4.69) is 4.98 Å². The Morgan fingerprint density at radius 3 is 2.64 bits per heavy atom. The summed E-state index contributed by atoms with van der Waals surface area (Å²) in [5.41, 5.74) is 3.82. The molecule has 1 aromatic heterocycles. The standard InChI is InChI=1S/C7H6F3N3O/c8-7(9,10)4-1-2-12-5(3-4)13-6(11)14/h1-3H,(H3,11,12,13,14). The van der Waals surface area contributed by atoms with E-state index < -0.39 is 17.8 Å². The van der Waals surface area contributed by atoms with Crippen molar-refractivity contribution in [2.75, 3.05) is 5.32 Å². The lowest BCUT2D eigenvalue weighted by molar-refractivity contribution is -0.137. The van der Waals surface area contributed by atoms with E-state index in [-0.39, 0.29) is 5.82 Å². The number of primary amides is 1. The van der Waals surface area contributed by atoms with E-state index in [1.54, 1.807) is 0 Å². The topological polar surface area (TPSA) is 68.0 Å². The van der Waals surface area contributed by atoms with Gasteiger partial charge in [-0.15, -0.1) is 0 Å². The zero-order valence-corrected chi connectivity index (χ0v) is 6.80. The monoisotopic (exact) mass is 205 g/mol. The van der Waals surface area contributed by atoms with Crippen molar-refractivity contribution in [1.82, 2.24) is 4.98 Å². The van der Waals surface area contributed by atoms with Crippen molar-refractivity contribution in [3.63, 3.8) is 0 Å². The molecule has 0 bridgehead atoms. The lowest BCUT2D eigenvalue weighted by Crippen LogP contribution is -2.20.